The van der Waals surface area contributed by atoms with E-state index in [-0.39, 0.29) is 54.1 Å². The number of aliphatic hydroxyl groups excluding tert-OH is 1. The summed E-state index contributed by atoms with van der Waals surface area (Å²) in [4.78, 5) is 46.8. The van der Waals surface area contributed by atoms with Crippen molar-refractivity contribution in [2.24, 2.45) is 11.8 Å². The number of nitrogens with two attached hydrogens (primary N) is 1. The van der Waals surface area contributed by atoms with Crippen molar-refractivity contribution in [3.63, 3.8) is 0 Å². The zero-order valence-electron chi connectivity index (χ0n) is 27.5. The van der Waals surface area contributed by atoms with Crippen molar-refractivity contribution in [1.82, 2.24) is 24.4 Å². The van der Waals surface area contributed by atoms with Gasteiger partial charge in [0.15, 0.2) is 0 Å². The average molecular weight is 699 g/mol. The van der Waals surface area contributed by atoms with Crippen LogP contribution < -0.4 is 11.1 Å². The van der Waals surface area contributed by atoms with Gasteiger partial charge >= 0.3 is 6.03 Å². The number of aliphatic hydroxyl groups is 1. The fraction of sp³-hybridized carbons (Fsp3) is 0.412. The summed E-state index contributed by atoms with van der Waals surface area (Å²) < 4.78 is 28.8. The number of halogens is 1. The molecular weight excluding hydrogens is 656 g/mol. The quantitative estimate of drug-likeness (QED) is 0.160. The van der Waals surface area contributed by atoms with Gasteiger partial charge in [-0.3, -0.25) is 19.5 Å². The topological polar surface area (TPSA) is 166 Å². The fourth-order valence-corrected chi connectivity index (χ4v) is 7.45. The maximum Gasteiger partial charge on any atom is 0.328 e. The van der Waals surface area contributed by atoms with Gasteiger partial charge in [0, 0.05) is 25.5 Å². The van der Waals surface area contributed by atoms with Gasteiger partial charge in [-0.05, 0) is 59.7 Å². The number of anilines is 1. The molecule has 0 unspecified atom stereocenters. The van der Waals surface area contributed by atoms with Crippen LogP contribution in [0, 0.1) is 11.8 Å². The van der Waals surface area contributed by atoms with Crippen LogP contribution >= 0.6 is 11.6 Å². The van der Waals surface area contributed by atoms with Crippen molar-refractivity contribution < 1.29 is 27.9 Å². The number of rotatable bonds is 15. The molecule has 3 atom stereocenters. The Balaban J connectivity index is 1.60. The van der Waals surface area contributed by atoms with E-state index in [0.29, 0.717) is 5.56 Å². The predicted molar refractivity (Wildman–Crippen MR) is 183 cm³/mol. The third-order valence-corrected chi connectivity index (χ3v) is 10.2. The highest BCUT2D eigenvalue weighted by Gasteiger charge is 2.44. The lowest BCUT2D eigenvalue weighted by Crippen LogP contribution is -2.57. The zero-order chi connectivity index (χ0) is 35.2. The first kappa shape index (κ1) is 36.8. The summed E-state index contributed by atoms with van der Waals surface area (Å²) in [5, 5.41) is 14.8. The van der Waals surface area contributed by atoms with Gasteiger partial charge < -0.3 is 21.1 Å². The molecule has 258 valence electrons. The Kier molecular flexibility index (Phi) is 12.2. The molecule has 1 aromatic heterocycles. The second-order valence-corrected chi connectivity index (χ2v) is 15.1. The Hall–Kier alpha value is -4.04. The van der Waals surface area contributed by atoms with E-state index in [1.807, 2.05) is 44.2 Å². The highest BCUT2D eigenvalue weighted by Crippen LogP contribution is 2.26. The number of nitrogens with one attached hydrogen (secondary N) is 1. The van der Waals surface area contributed by atoms with Crippen LogP contribution in [0.1, 0.15) is 38.8 Å². The molecule has 1 saturated heterocycles. The summed E-state index contributed by atoms with van der Waals surface area (Å²) in [6, 6.07) is 14.0. The van der Waals surface area contributed by atoms with Crippen LogP contribution in [0.15, 0.2) is 78.0 Å². The van der Waals surface area contributed by atoms with Gasteiger partial charge in [0.2, 0.25) is 15.9 Å². The minimum atomic E-state index is -4.13. The van der Waals surface area contributed by atoms with Crippen molar-refractivity contribution in [2.75, 3.05) is 25.4 Å². The summed E-state index contributed by atoms with van der Waals surface area (Å²) >= 11 is 6.04. The van der Waals surface area contributed by atoms with Crippen molar-refractivity contribution in [1.29, 1.82) is 0 Å². The maximum atomic E-state index is 14.0. The lowest BCUT2D eigenvalue weighted by molar-refractivity contribution is -0.129. The molecule has 48 heavy (non-hydrogen) atoms. The number of pyridine rings is 1. The Bertz CT molecular complexity index is 1690. The molecule has 1 fully saturated rings. The van der Waals surface area contributed by atoms with E-state index >= 15 is 0 Å². The first-order chi connectivity index (χ1) is 22.7. The Labute approximate surface area is 286 Å². The molecule has 2 heterocycles. The number of nitrogen functional groups attached to an aromatic ring is 1. The molecule has 2 aromatic carbocycles. The van der Waals surface area contributed by atoms with Gasteiger partial charge in [0.05, 0.1) is 34.3 Å². The standard InChI is InChI=1S/C34H43ClN6O6S/c1-22(2)18-39(48(46,47)26-10-11-27(35)28(36)17-26)20-30(42)29(16-24-8-6-5-7-9-24)38-33(44)32(23(3)4)41-21-31(43)40(34(41)45)19-25-12-14-37-15-13-25/h5-15,17,22-23,29-30,32,42H,16,18-21,36H2,1-4H3,(H,38,44)/t29-,30-,32-/m0/s1. The SMILES string of the molecule is CC(C)CN(C[C@H](O)[C@H](Cc1ccccc1)NC(=O)[C@H](C(C)C)N1CC(=O)N(Cc2ccncc2)C1=O)S(=O)(=O)c1ccc(Cl)c(N)c1. The molecule has 3 aromatic rings. The van der Waals surface area contributed by atoms with Crippen LogP contribution in [0.4, 0.5) is 10.5 Å². The highest BCUT2D eigenvalue weighted by molar-refractivity contribution is 7.89. The first-order valence-corrected chi connectivity index (χ1v) is 17.6. The molecule has 0 saturated carbocycles. The molecule has 14 heteroatoms. The predicted octanol–water partition coefficient (Wildman–Crippen LogP) is 3.54. The third kappa shape index (κ3) is 8.90. The van der Waals surface area contributed by atoms with Crippen LogP contribution in [-0.2, 0) is 32.6 Å². The number of sulfonamides is 1. The average Bonchev–Trinajstić information content (AvgIpc) is 3.30. The minimum Gasteiger partial charge on any atom is -0.397 e. The van der Waals surface area contributed by atoms with E-state index in [0.717, 1.165) is 10.5 Å². The monoisotopic (exact) mass is 698 g/mol. The van der Waals surface area contributed by atoms with Gasteiger partial charge in [-0.2, -0.15) is 4.31 Å². The Morgan fingerprint density at radius 1 is 1.02 bits per heavy atom. The number of urea groups is 1. The molecule has 0 spiro atoms. The second-order valence-electron chi connectivity index (χ2n) is 12.7. The number of imide groups is 1. The number of benzene rings is 2. The van der Waals surface area contributed by atoms with Crippen LogP contribution in [0.2, 0.25) is 5.02 Å². The van der Waals surface area contributed by atoms with E-state index in [4.69, 9.17) is 17.3 Å². The van der Waals surface area contributed by atoms with Gasteiger partial charge in [-0.15, -0.1) is 0 Å². The summed E-state index contributed by atoms with van der Waals surface area (Å²) in [6.45, 7) is 6.75. The summed E-state index contributed by atoms with van der Waals surface area (Å²) in [5.74, 6) is -1.50. The number of carbonyl (C=O) groups is 3. The van der Waals surface area contributed by atoms with Crippen molar-refractivity contribution in [3.05, 3.63) is 89.2 Å². The number of nitrogens with zero attached hydrogens (tertiary/aromatic N) is 4. The fourth-order valence-electron chi connectivity index (χ4n) is 5.67. The van der Waals surface area contributed by atoms with Crippen molar-refractivity contribution >= 4 is 45.2 Å². The number of hydrogen-bond donors (Lipinski definition) is 3. The normalized spacial score (nSPS) is 15.8. The number of amides is 4. The molecule has 0 bridgehead atoms. The number of hydrogen-bond acceptors (Lipinski definition) is 8. The van der Waals surface area contributed by atoms with E-state index in [1.54, 1.807) is 38.4 Å². The van der Waals surface area contributed by atoms with Gasteiger partial charge in [-0.25, -0.2) is 13.2 Å². The first-order valence-electron chi connectivity index (χ1n) is 15.8. The molecule has 4 rings (SSSR count). The number of carbonyl (C=O) groups excluding carboxylic acids is 3. The van der Waals surface area contributed by atoms with Gasteiger partial charge in [-0.1, -0.05) is 69.6 Å². The summed E-state index contributed by atoms with van der Waals surface area (Å²) in [7, 11) is -4.13. The molecule has 4 N–H and O–H groups in total. The molecular formula is C34H43ClN6O6S. The minimum absolute atomic E-state index is 0.0396. The largest absolute Gasteiger partial charge is 0.397 e. The van der Waals surface area contributed by atoms with E-state index < -0.39 is 52.0 Å². The Morgan fingerprint density at radius 3 is 2.29 bits per heavy atom. The molecule has 0 aliphatic carbocycles. The lowest BCUT2D eigenvalue weighted by Gasteiger charge is -2.34. The van der Waals surface area contributed by atoms with Crippen LogP contribution in [0.25, 0.3) is 0 Å². The smallest absolute Gasteiger partial charge is 0.328 e. The van der Waals surface area contributed by atoms with Crippen LogP contribution in [-0.4, -0.2) is 88.3 Å². The second kappa shape index (κ2) is 15.9. The summed E-state index contributed by atoms with van der Waals surface area (Å²) in [6.07, 6.45) is 1.95. The van der Waals surface area contributed by atoms with Crippen LogP contribution in [0.5, 0.6) is 0 Å². The zero-order valence-corrected chi connectivity index (χ0v) is 29.1. The molecule has 1 aliphatic rings. The van der Waals surface area contributed by atoms with E-state index in [9.17, 15) is 27.9 Å². The van der Waals surface area contributed by atoms with Crippen LogP contribution in [0.3, 0.4) is 0 Å². The Morgan fingerprint density at radius 2 is 1.69 bits per heavy atom. The van der Waals surface area contributed by atoms with Crippen molar-refractivity contribution in [2.45, 2.75) is 63.7 Å². The third-order valence-electron chi connectivity index (χ3n) is 8.06. The van der Waals surface area contributed by atoms with E-state index in [1.165, 1.54) is 27.4 Å². The molecule has 12 nitrogen and oxygen atoms in total. The summed E-state index contributed by atoms with van der Waals surface area (Å²) in [5.41, 5.74) is 7.52. The maximum absolute atomic E-state index is 14.0. The molecule has 4 amide bonds. The van der Waals surface area contributed by atoms with Gasteiger partial charge in [0.1, 0.15) is 12.6 Å². The lowest BCUT2D eigenvalue weighted by atomic mass is 9.97. The molecule has 0 radical (unpaired) electrons. The number of aromatic nitrogens is 1. The van der Waals surface area contributed by atoms with Gasteiger partial charge in [0.25, 0.3) is 5.91 Å². The van der Waals surface area contributed by atoms with Crippen molar-refractivity contribution in [3.8, 4) is 0 Å². The highest BCUT2D eigenvalue weighted by atomic mass is 35.5. The molecule has 1 aliphatic heterocycles. The van der Waals surface area contributed by atoms with E-state index in [2.05, 4.69) is 10.3 Å².